The van der Waals surface area contributed by atoms with Crippen molar-refractivity contribution in [2.45, 2.75) is 0 Å². The van der Waals surface area contributed by atoms with Gasteiger partial charge in [0.25, 0.3) is 0 Å². The second-order valence-electron chi connectivity index (χ2n) is 7.70. The van der Waals surface area contributed by atoms with Crippen molar-refractivity contribution >= 4 is 17.5 Å². The maximum atomic E-state index is 7.70. The van der Waals surface area contributed by atoms with Gasteiger partial charge >= 0.3 is 0 Å². The molecule has 4 aromatic rings. The Morgan fingerprint density at radius 1 is 0.424 bits per heavy atom. The number of nitrogen functional groups attached to an aromatic ring is 3. The number of nitrogens with one attached hydrogen (secondary N) is 3. The zero-order valence-electron chi connectivity index (χ0n) is 17.9. The first-order valence-electron chi connectivity index (χ1n) is 10.3. The van der Waals surface area contributed by atoms with Crippen LogP contribution in [0.15, 0.2) is 91.0 Å². The van der Waals surface area contributed by atoms with Gasteiger partial charge in [0.15, 0.2) is 0 Å². The number of nitrogens with two attached hydrogens (primary N) is 3. The molecule has 6 nitrogen and oxygen atoms in total. The summed E-state index contributed by atoms with van der Waals surface area (Å²) in [6, 6.07) is 29.0. The Balaban J connectivity index is 1.93. The number of benzene rings is 4. The molecule has 0 aliphatic carbocycles. The molecular formula is C27H24N6. The first-order valence-corrected chi connectivity index (χ1v) is 10.3. The van der Waals surface area contributed by atoms with Crippen molar-refractivity contribution in [3.05, 3.63) is 108 Å². The fraction of sp³-hybridized carbons (Fsp3) is 0. The van der Waals surface area contributed by atoms with E-state index in [0.29, 0.717) is 16.7 Å². The maximum absolute atomic E-state index is 7.70. The number of amidine groups is 3. The summed E-state index contributed by atoms with van der Waals surface area (Å²) in [4.78, 5) is 0. The second-order valence-corrected chi connectivity index (χ2v) is 7.70. The summed E-state index contributed by atoms with van der Waals surface area (Å²) < 4.78 is 0. The van der Waals surface area contributed by atoms with Crippen LogP contribution in [0.25, 0.3) is 33.4 Å². The average molecular weight is 433 g/mol. The predicted octanol–water partition coefficient (Wildman–Crippen LogP) is 4.54. The molecule has 0 saturated carbocycles. The monoisotopic (exact) mass is 432 g/mol. The van der Waals surface area contributed by atoms with Gasteiger partial charge in [0.1, 0.15) is 17.5 Å². The quantitative estimate of drug-likeness (QED) is 0.196. The lowest BCUT2D eigenvalue weighted by Crippen LogP contribution is -2.10. The number of hydrogen-bond donors (Lipinski definition) is 6. The summed E-state index contributed by atoms with van der Waals surface area (Å²) in [5.41, 5.74) is 24.9. The summed E-state index contributed by atoms with van der Waals surface area (Å²) in [5, 5.41) is 23.0. The molecule has 0 saturated heterocycles. The SMILES string of the molecule is N=C(N)c1ccc(-c2cccc(-c3ccc(C(=N)N)cc3)c2-c2ccc(C(=N)N)cc2)cc1. The lowest BCUT2D eigenvalue weighted by Gasteiger charge is -2.17. The molecule has 0 radical (unpaired) electrons. The Kier molecular flexibility index (Phi) is 5.74. The highest BCUT2D eigenvalue weighted by molar-refractivity contribution is 6.00. The molecular weight excluding hydrogens is 408 g/mol. The lowest BCUT2D eigenvalue weighted by molar-refractivity contribution is 1.42. The number of hydrogen-bond acceptors (Lipinski definition) is 3. The smallest absolute Gasteiger partial charge is 0.122 e. The van der Waals surface area contributed by atoms with Crippen molar-refractivity contribution in [1.29, 1.82) is 16.2 Å². The van der Waals surface area contributed by atoms with Gasteiger partial charge in [-0.2, -0.15) is 0 Å². The van der Waals surface area contributed by atoms with Crippen LogP contribution in [0.3, 0.4) is 0 Å². The van der Waals surface area contributed by atoms with Gasteiger partial charge in [-0.1, -0.05) is 91.0 Å². The molecule has 0 atom stereocenters. The van der Waals surface area contributed by atoms with Gasteiger partial charge in [-0.25, -0.2) is 0 Å². The molecule has 0 heterocycles. The summed E-state index contributed by atoms with van der Waals surface area (Å²) >= 11 is 0. The molecule has 0 aliphatic heterocycles. The first-order chi connectivity index (χ1) is 15.8. The first kappa shape index (κ1) is 21.5. The third kappa shape index (κ3) is 4.36. The van der Waals surface area contributed by atoms with E-state index in [1.807, 2.05) is 78.9 Å². The molecule has 0 amide bonds. The van der Waals surface area contributed by atoms with Crippen LogP contribution in [-0.4, -0.2) is 17.5 Å². The minimum atomic E-state index is 0.0229. The third-order valence-electron chi connectivity index (χ3n) is 5.56. The summed E-state index contributed by atoms with van der Waals surface area (Å²) in [6.07, 6.45) is 0. The van der Waals surface area contributed by atoms with Crippen molar-refractivity contribution in [3.63, 3.8) is 0 Å². The van der Waals surface area contributed by atoms with Crippen molar-refractivity contribution in [1.82, 2.24) is 0 Å². The largest absolute Gasteiger partial charge is 0.384 e. The Labute approximate surface area is 192 Å². The van der Waals surface area contributed by atoms with Crippen LogP contribution in [0.1, 0.15) is 16.7 Å². The van der Waals surface area contributed by atoms with Crippen LogP contribution >= 0.6 is 0 Å². The highest BCUT2D eigenvalue weighted by Gasteiger charge is 2.15. The summed E-state index contributed by atoms with van der Waals surface area (Å²) in [7, 11) is 0. The fourth-order valence-electron chi connectivity index (χ4n) is 3.82. The van der Waals surface area contributed by atoms with Crippen LogP contribution in [0, 0.1) is 16.2 Å². The van der Waals surface area contributed by atoms with Gasteiger partial charge in [-0.3, -0.25) is 16.2 Å². The van der Waals surface area contributed by atoms with E-state index in [4.69, 9.17) is 33.4 Å². The van der Waals surface area contributed by atoms with Gasteiger partial charge in [0.05, 0.1) is 0 Å². The Bertz CT molecular complexity index is 1280. The molecule has 0 unspecified atom stereocenters. The fourth-order valence-corrected chi connectivity index (χ4v) is 3.82. The second kappa shape index (κ2) is 8.80. The van der Waals surface area contributed by atoms with E-state index in [2.05, 4.69) is 12.1 Å². The Morgan fingerprint density at radius 3 is 1.03 bits per heavy atom. The molecule has 6 heteroatoms. The van der Waals surface area contributed by atoms with E-state index in [-0.39, 0.29) is 17.5 Å². The van der Waals surface area contributed by atoms with E-state index in [1.54, 1.807) is 0 Å². The highest BCUT2D eigenvalue weighted by Crippen LogP contribution is 2.40. The minimum absolute atomic E-state index is 0.0229. The van der Waals surface area contributed by atoms with Gasteiger partial charge in [-0.05, 0) is 33.4 Å². The molecule has 162 valence electrons. The lowest BCUT2D eigenvalue weighted by atomic mass is 9.87. The van der Waals surface area contributed by atoms with Crippen LogP contribution < -0.4 is 17.2 Å². The third-order valence-corrected chi connectivity index (χ3v) is 5.56. The van der Waals surface area contributed by atoms with E-state index in [9.17, 15) is 0 Å². The topological polar surface area (TPSA) is 150 Å². The molecule has 4 aromatic carbocycles. The molecule has 0 spiro atoms. The average Bonchev–Trinajstić information content (AvgIpc) is 2.83. The van der Waals surface area contributed by atoms with Crippen molar-refractivity contribution < 1.29 is 0 Å². The van der Waals surface area contributed by atoms with Gasteiger partial charge in [0, 0.05) is 16.7 Å². The Morgan fingerprint density at radius 2 is 0.727 bits per heavy atom. The molecule has 9 N–H and O–H groups in total. The molecule has 0 bridgehead atoms. The van der Waals surface area contributed by atoms with Crippen molar-refractivity contribution in [3.8, 4) is 33.4 Å². The van der Waals surface area contributed by atoms with E-state index < -0.39 is 0 Å². The zero-order chi connectivity index (χ0) is 23.5. The number of rotatable bonds is 6. The van der Waals surface area contributed by atoms with E-state index >= 15 is 0 Å². The molecule has 0 aliphatic rings. The molecule has 0 aromatic heterocycles. The predicted molar refractivity (Wildman–Crippen MR) is 136 cm³/mol. The van der Waals surface area contributed by atoms with Gasteiger partial charge in [0.2, 0.25) is 0 Å². The molecule has 4 rings (SSSR count). The minimum Gasteiger partial charge on any atom is -0.384 e. The van der Waals surface area contributed by atoms with Gasteiger partial charge < -0.3 is 17.2 Å². The van der Waals surface area contributed by atoms with Crippen molar-refractivity contribution in [2.24, 2.45) is 17.2 Å². The maximum Gasteiger partial charge on any atom is 0.122 e. The zero-order valence-corrected chi connectivity index (χ0v) is 17.9. The van der Waals surface area contributed by atoms with E-state index in [0.717, 1.165) is 33.4 Å². The summed E-state index contributed by atoms with van der Waals surface area (Å²) in [5.74, 6) is 0.0801. The summed E-state index contributed by atoms with van der Waals surface area (Å²) in [6.45, 7) is 0. The van der Waals surface area contributed by atoms with Crippen LogP contribution in [-0.2, 0) is 0 Å². The molecule has 0 fully saturated rings. The van der Waals surface area contributed by atoms with Crippen LogP contribution in [0.2, 0.25) is 0 Å². The van der Waals surface area contributed by atoms with Crippen molar-refractivity contribution in [2.75, 3.05) is 0 Å². The van der Waals surface area contributed by atoms with Gasteiger partial charge in [-0.15, -0.1) is 0 Å². The normalized spacial score (nSPS) is 10.5. The Hall–Kier alpha value is -4.71. The standard InChI is InChI=1S/C27H24N6/c28-25(29)19-10-4-16(5-11-19)22-2-1-3-23(17-6-12-20(13-7-17)26(30)31)24(22)18-8-14-21(15-9-18)27(32)33/h1-15H,(H3,28,29)(H3,30,31)(H3,32,33). The van der Waals surface area contributed by atoms with Crippen LogP contribution in [0.5, 0.6) is 0 Å². The van der Waals surface area contributed by atoms with E-state index in [1.165, 1.54) is 0 Å². The highest BCUT2D eigenvalue weighted by atomic mass is 14.7. The molecule has 33 heavy (non-hydrogen) atoms. The van der Waals surface area contributed by atoms with Crippen LogP contribution in [0.4, 0.5) is 0 Å².